The fourth-order valence-corrected chi connectivity index (χ4v) is 6.65. The van der Waals surface area contributed by atoms with Crippen LogP contribution in [0.1, 0.15) is 26.3 Å². The van der Waals surface area contributed by atoms with Crippen molar-refractivity contribution in [3.05, 3.63) is 60.2 Å². The SMILES string of the molecule is CC(C)(C)C(=O)Oc1cc2ccc(-c3cccc(C#N)c3)cc2cc1N1CC(=O)N[SH]1(=O)I. The second kappa shape index (κ2) is 8.43. The number of rotatable bonds is 3. The largest absolute Gasteiger partial charge is 0.424 e. The van der Waals surface area contributed by atoms with E-state index in [0.717, 1.165) is 21.9 Å². The summed E-state index contributed by atoms with van der Waals surface area (Å²) in [5.41, 5.74) is 2.01. The second-order valence-corrected chi connectivity index (χ2v) is 14.4. The first-order chi connectivity index (χ1) is 15.5. The predicted molar refractivity (Wildman–Crippen MR) is 138 cm³/mol. The maximum atomic E-state index is 13.1. The summed E-state index contributed by atoms with van der Waals surface area (Å²) in [7, 11) is -3.22. The predicted octanol–water partition coefficient (Wildman–Crippen LogP) is 4.46. The standard InChI is InChI=1S/C24H22IN3O4S/c1-24(2,3)23(30)32-21-12-18-8-7-17(16-6-4-5-15(9-16)13-26)10-19(18)11-20(21)28-14-22(29)27-33(28,25)31/h4-12,33H,14H2,1-3H3,(H,27,29,31). The lowest BCUT2D eigenvalue weighted by atomic mass is 9.97. The molecule has 4 rings (SSSR count). The molecule has 3 aromatic carbocycles. The molecule has 3 aromatic rings. The normalized spacial score (nSPS) is 16.2. The van der Waals surface area contributed by atoms with Gasteiger partial charge in [0, 0.05) is 21.2 Å². The van der Waals surface area contributed by atoms with E-state index < -0.39 is 18.9 Å². The molecule has 1 N–H and O–H groups in total. The van der Waals surface area contributed by atoms with Crippen LogP contribution in [0.4, 0.5) is 5.69 Å². The molecule has 0 spiro atoms. The van der Waals surface area contributed by atoms with Crippen molar-refractivity contribution in [1.82, 2.24) is 4.72 Å². The zero-order chi connectivity index (χ0) is 24.0. The minimum absolute atomic E-state index is 0.101. The molecule has 0 aromatic heterocycles. The van der Waals surface area contributed by atoms with Gasteiger partial charge in [0.2, 0.25) is 0 Å². The van der Waals surface area contributed by atoms with Gasteiger partial charge in [0.25, 0.3) is 5.91 Å². The number of hydrogen-bond acceptors (Lipinski definition) is 5. The number of nitrogens with one attached hydrogen (secondary N) is 1. The van der Waals surface area contributed by atoms with Crippen LogP contribution in [0.5, 0.6) is 5.75 Å². The fraction of sp³-hybridized carbons (Fsp3) is 0.208. The van der Waals surface area contributed by atoms with E-state index in [1.54, 1.807) is 60.2 Å². The van der Waals surface area contributed by atoms with Crippen molar-refractivity contribution in [2.45, 2.75) is 20.8 Å². The van der Waals surface area contributed by atoms with Gasteiger partial charge in [-0.2, -0.15) is 5.26 Å². The minimum Gasteiger partial charge on any atom is -0.424 e. The van der Waals surface area contributed by atoms with E-state index >= 15 is 0 Å². The Morgan fingerprint density at radius 1 is 1.12 bits per heavy atom. The number of hydrogen-bond donors (Lipinski definition) is 2. The maximum absolute atomic E-state index is 13.1. The molecule has 0 unspecified atom stereocenters. The lowest BCUT2D eigenvalue weighted by Gasteiger charge is -2.28. The molecule has 0 bridgehead atoms. The topological polar surface area (TPSA) is 99.5 Å². The number of nitriles is 1. The first-order valence-corrected chi connectivity index (χ1v) is 14.6. The summed E-state index contributed by atoms with van der Waals surface area (Å²) in [6, 6.07) is 18.7. The van der Waals surface area contributed by atoms with Gasteiger partial charge < -0.3 is 4.74 Å². The quantitative estimate of drug-likeness (QED) is 0.158. The number of halogens is 1. The summed E-state index contributed by atoms with van der Waals surface area (Å²) in [5, 5.41) is 10.8. The number of thiol groups is 1. The number of ether oxygens (including phenoxy) is 1. The van der Waals surface area contributed by atoms with Crippen LogP contribution in [0.2, 0.25) is 0 Å². The number of carbonyl (C=O) groups excluding carboxylic acids is 2. The third-order valence-corrected chi connectivity index (χ3v) is 8.99. The van der Waals surface area contributed by atoms with Crippen molar-refractivity contribution in [3.8, 4) is 22.9 Å². The lowest BCUT2D eigenvalue weighted by molar-refractivity contribution is -0.142. The third-order valence-electron chi connectivity index (χ3n) is 5.20. The van der Waals surface area contributed by atoms with Crippen LogP contribution < -0.4 is 13.8 Å². The van der Waals surface area contributed by atoms with Crippen LogP contribution in [-0.2, 0) is 17.1 Å². The lowest BCUT2D eigenvalue weighted by Crippen LogP contribution is -2.32. The number of anilines is 1. The molecule has 0 aliphatic carbocycles. The molecule has 1 amide bonds. The molecule has 1 aliphatic rings. The third kappa shape index (κ3) is 4.72. The van der Waals surface area contributed by atoms with Gasteiger partial charge in [-0.05, 0) is 73.0 Å². The van der Waals surface area contributed by atoms with Gasteiger partial charge in [0.1, 0.15) is 6.54 Å². The van der Waals surface area contributed by atoms with Crippen molar-refractivity contribution >= 4 is 57.0 Å². The Morgan fingerprint density at radius 3 is 2.48 bits per heavy atom. The molecule has 9 heteroatoms. The molecule has 1 fully saturated rings. The molecule has 1 saturated heterocycles. The monoisotopic (exact) mass is 575 g/mol. The Morgan fingerprint density at radius 2 is 1.85 bits per heavy atom. The Kier molecular flexibility index (Phi) is 5.92. The van der Waals surface area contributed by atoms with E-state index in [1.807, 2.05) is 36.4 Å². The first-order valence-electron chi connectivity index (χ1n) is 10.2. The Bertz CT molecular complexity index is 1390. The summed E-state index contributed by atoms with van der Waals surface area (Å²) in [5.74, 6) is -0.548. The molecular weight excluding hydrogens is 553 g/mol. The molecule has 1 aliphatic heterocycles. The molecule has 33 heavy (non-hydrogen) atoms. The van der Waals surface area contributed by atoms with Crippen LogP contribution >= 0.6 is 21.2 Å². The van der Waals surface area contributed by atoms with Crippen LogP contribution in [0.3, 0.4) is 0 Å². The molecule has 170 valence electrons. The van der Waals surface area contributed by atoms with E-state index in [4.69, 9.17) is 4.74 Å². The molecule has 0 atom stereocenters. The van der Waals surface area contributed by atoms with Crippen LogP contribution in [0.25, 0.3) is 21.9 Å². The summed E-state index contributed by atoms with van der Waals surface area (Å²) in [6.45, 7) is 5.15. The highest BCUT2D eigenvalue weighted by atomic mass is 127. The van der Waals surface area contributed by atoms with E-state index in [2.05, 4.69) is 10.8 Å². The zero-order valence-electron chi connectivity index (χ0n) is 18.3. The average Bonchev–Trinajstić information content (AvgIpc) is 3.03. The van der Waals surface area contributed by atoms with Crippen molar-refractivity contribution in [2.24, 2.45) is 5.41 Å². The Labute approximate surface area is 205 Å². The smallest absolute Gasteiger partial charge is 0.316 e. The number of nitrogens with zero attached hydrogens (tertiary/aromatic N) is 2. The van der Waals surface area contributed by atoms with Crippen molar-refractivity contribution in [1.29, 1.82) is 5.26 Å². The summed E-state index contributed by atoms with van der Waals surface area (Å²) in [6.07, 6.45) is 0. The second-order valence-electron chi connectivity index (χ2n) is 8.81. The highest BCUT2D eigenvalue weighted by Crippen LogP contribution is 2.41. The van der Waals surface area contributed by atoms with Gasteiger partial charge in [-0.15, -0.1) is 0 Å². The van der Waals surface area contributed by atoms with Crippen LogP contribution in [0.15, 0.2) is 54.6 Å². The van der Waals surface area contributed by atoms with E-state index in [1.165, 1.54) is 4.31 Å². The van der Waals surface area contributed by atoms with E-state index in [0.29, 0.717) is 11.3 Å². The fourth-order valence-electron chi connectivity index (χ4n) is 3.45. The van der Waals surface area contributed by atoms with Gasteiger partial charge in [0.05, 0.1) is 30.2 Å². The van der Waals surface area contributed by atoms with Crippen LogP contribution in [0, 0.1) is 16.7 Å². The molecular formula is C24H22IN3O4S. The minimum atomic E-state index is -3.22. The molecule has 0 saturated carbocycles. The zero-order valence-corrected chi connectivity index (χ0v) is 21.3. The average molecular weight is 575 g/mol. The summed E-state index contributed by atoms with van der Waals surface area (Å²) in [4.78, 5) is 24.7. The van der Waals surface area contributed by atoms with Crippen molar-refractivity contribution < 1.29 is 18.5 Å². The van der Waals surface area contributed by atoms with E-state index in [-0.39, 0.29) is 18.2 Å². The first kappa shape index (κ1) is 23.2. The number of esters is 1. The molecule has 7 nitrogen and oxygen atoms in total. The molecule has 1 heterocycles. The van der Waals surface area contributed by atoms with Crippen molar-refractivity contribution in [3.63, 3.8) is 0 Å². The summed E-state index contributed by atoms with van der Waals surface area (Å²) < 4.78 is 22.8. The van der Waals surface area contributed by atoms with Crippen molar-refractivity contribution in [2.75, 3.05) is 10.8 Å². The number of fused-ring (bicyclic) bond motifs is 1. The number of carbonyl (C=O) groups is 2. The van der Waals surface area contributed by atoms with Crippen LogP contribution in [-0.4, -0.2) is 22.6 Å². The summed E-state index contributed by atoms with van der Waals surface area (Å²) >= 11 is 1.74. The molecule has 0 radical (unpaired) electrons. The highest BCUT2D eigenvalue weighted by Gasteiger charge is 2.35. The van der Waals surface area contributed by atoms with Gasteiger partial charge in [-0.25, -0.2) is 4.21 Å². The number of amides is 1. The van der Waals surface area contributed by atoms with E-state index in [9.17, 15) is 19.1 Å². The maximum Gasteiger partial charge on any atom is 0.316 e. The Balaban J connectivity index is 1.87. The van der Waals surface area contributed by atoms with Gasteiger partial charge in [-0.3, -0.25) is 18.6 Å². The Hall–Kier alpha value is -2.97. The number of benzene rings is 3. The van der Waals surface area contributed by atoms with Gasteiger partial charge in [0.15, 0.2) is 5.75 Å². The highest BCUT2D eigenvalue weighted by molar-refractivity contribution is 14.2. The van der Waals surface area contributed by atoms with Gasteiger partial charge in [-0.1, -0.05) is 24.3 Å². The van der Waals surface area contributed by atoms with Gasteiger partial charge >= 0.3 is 5.97 Å².